The summed E-state index contributed by atoms with van der Waals surface area (Å²) in [5.74, 6) is 0.339. The summed E-state index contributed by atoms with van der Waals surface area (Å²) in [4.78, 5) is 0. The van der Waals surface area contributed by atoms with Gasteiger partial charge in [0.2, 0.25) is 0 Å². The Balaban J connectivity index is 3.00. The van der Waals surface area contributed by atoms with Crippen LogP contribution in [0.5, 0.6) is 0 Å². The summed E-state index contributed by atoms with van der Waals surface area (Å²) >= 11 is 0. The minimum absolute atomic E-state index is 0.161. The SMILES string of the molecule is Cc1ccc(C(C)(C)C)cc1C(C)CC(O)CN. The number of hydrogen-bond acceptors (Lipinski definition) is 2. The number of aliphatic hydroxyl groups excluding tert-OH is 1. The third kappa shape index (κ3) is 3.82. The van der Waals surface area contributed by atoms with Crippen LogP contribution in [-0.4, -0.2) is 17.8 Å². The number of aliphatic hydroxyl groups is 1. The predicted octanol–water partition coefficient (Wildman–Crippen LogP) is 3.11. The second-order valence-corrected chi connectivity index (χ2v) is 6.35. The molecule has 0 aliphatic rings. The van der Waals surface area contributed by atoms with Gasteiger partial charge in [-0.1, -0.05) is 45.9 Å². The predicted molar refractivity (Wildman–Crippen MR) is 78.0 cm³/mol. The Labute approximate surface area is 111 Å². The summed E-state index contributed by atoms with van der Waals surface area (Å²) in [7, 11) is 0. The Morgan fingerprint density at radius 1 is 1.28 bits per heavy atom. The van der Waals surface area contributed by atoms with Crippen molar-refractivity contribution in [1.29, 1.82) is 0 Å². The molecule has 0 aliphatic heterocycles. The lowest BCUT2D eigenvalue weighted by Crippen LogP contribution is -2.22. The van der Waals surface area contributed by atoms with E-state index in [-0.39, 0.29) is 5.41 Å². The summed E-state index contributed by atoms with van der Waals surface area (Å²) in [6.07, 6.45) is 0.322. The Kier molecular flexibility index (Phi) is 4.94. The number of benzene rings is 1. The number of rotatable bonds is 4. The fourth-order valence-electron chi connectivity index (χ4n) is 2.27. The molecule has 1 aromatic rings. The van der Waals surface area contributed by atoms with E-state index in [1.165, 1.54) is 16.7 Å². The molecule has 102 valence electrons. The molecule has 18 heavy (non-hydrogen) atoms. The Morgan fingerprint density at radius 2 is 1.89 bits per heavy atom. The largest absolute Gasteiger partial charge is 0.392 e. The molecule has 0 spiro atoms. The molecule has 0 amide bonds. The fraction of sp³-hybridized carbons (Fsp3) is 0.625. The first-order valence-corrected chi connectivity index (χ1v) is 6.75. The molecule has 0 saturated heterocycles. The van der Waals surface area contributed by atoms with Gasteiger partial charge in [-0.2, -0.15) is 0 Å². The summed E-state index contributed by atoms with van der Waals surface area (Å²) in [5, 5.41) is 9.68. The van der Waals surface area contributed by atoms with Gasteiger partial charge in [-0.05, 0) is 41.4 Å². The normalized spacial score (nSPS) is 15.5. The topological polar surface area (TPSA) is 46.2 Å². The zero-order valence-corrected chi connectivity index (χ0v) is 12.3. The van der Waals surface area contributed by atoms with Gasteiger partial charge in [-0.25, -0.2) is 0 Å². The summed E-state index contributed by atoms with van der Waals surface area (Å²) < 4.78 is 0. The standard InChI is InChI=1S/C16H27NO/c1-11-6-7-13(16(3,4)5)9-15(11)12(2)8-14(18)10-17/h6-7,9,12,14,18H,8,10,17H2,1-5H3. The van der Waals surface area contributed by atoms with Crippen molar-refractivity contribution < 1.29 is 5.11 Å². The maximum atomic E-state index is 9.68. The monoisotopic (exact) mass is 249 g/mol. The van der Waals surface area contributed by atoms with Crippen molar-refractivity contribution in [3.8, 4) is 0 Å². The second-order valence-electron chi connectivity index (χ2n) is 6.35. The van der Waals surface area contributed by atoms with Gasteiger partial charge in [0.05, 0.1) is 6.10 Å². The molecule has 1 rings (SSSR count). The van der Waals surface area contributed by atoms with Crippen LogP contribution in [0.2, 0.25) is 0 Å². The summed E-state index contributed by atoms with van der Waals surface area (Å²) in [5.41, 5.74) is 9.61. The molecule has 2 unspecified atom stereocenters. The van der Waals surface area contributed by atoms with Crippen molar-refractivity contribution >= 4 is 0 Å². The third-order valence-electron chi connectivity index (χ3n) is 3.57. The molecular weight excluding hydrogens is 222 g/mol. The second kappa shape index (κ2) is 5.85. The molecule has 0 fully saturated rings. The molecule has 2 atom stereocenters. The van der Waals surface area contributed by atoms with Gasteiger partial charge in [0.1, 0.15) is 0 Å². The molecule has 0 heterocycles. The first-order valence-electron chi connectivity index (χ1n) is 6.75. The van der Waals surface area contributed by atoms with Crippen molar-refractivity contribution in [3.05, 3.63) is 34.9 Å². The van der Waals surface area contributed by atoms with Crippen molar-refractivity contribution in [2.45, 2.75) is 58.5 Å². The van der Waals surface area contributed by atoms with Crippen LogP contribution in [0.25, 0.3) is 0 Å². The minimum atomic E-state index is -0.405. The minimum Gasteiger partial charge on any atom is -0.392 e. The van der Waals surface area contributed by atoms with Crippen molar-refractivity contribution in [2.24, 2.45) is 5.73 Å². The molecule has 0 radical (unpaired) electrons. The molecule has 0 bridgehead atoms. The fourth-order valence-corrected chi connectivity index (χ4v) is 2.27. The van der Waals surface area contributed by atoms with E-state index < -0.39 is 6.10 Å². The highest BCUT2D eigenvalue weighted by molar-refractivity contribution is 5.36. The molecule has 3 N–H and O–H groups in total. The van der Waals surface area contributed by atoms with Crippen LogP contribution in [-0.2, 0) is 5.41 Å². The average Bonchev–Trinajstić information content (AvgIpc) is 2.27. The van der Waals surface area contributed by atoms with Gasteiger partial charge in [0.25, 0.3) is 0 Å². The van der Waals surface area contributed by atoms with E-state index in [9.17, 15) is 5.11 Å². The third-order valence-corrected chi connectivity index (χ3v) is 3.57. The summed E-state index contributed by atoms with van der Waals surface area (Å²) in [6.45, 7) is 11.3. The lowest BCUT2D eigenvalue weighted by molar-refractivity contribution is 0.165. The van der Waals surface area contributed by atoms with Gasteiger partial charge >= 0.3 is 0 Å². The van der Waals surface area contributed by atoms with Gasteiger partial charge in [0, 0.05) is 6.54 Å². The Morgan fingerprint density at radius 3 is 2.39 bits per heavy atom. The van der Waals surface area contributed by atoms with Crippen LogP contribution in [0.1, 0.15) is 56.7 Å². The van der Waals surface area contributed by atoms with Crippen LogP contribution >= 0.6 is 0 Å². The molecule has 0 aromatic heterocycles. The smallest absolute Gasteiger partial charge is 0.0668 e. The Bertz CT molecular complexity index is 393. The maximum Gasteiger partial charge on any atom is 0.0668 e. The van der Waals surface area contributed by atoms with Crippen LogP contribution in [0.3, 0.4) is 0 Å². The van der Waals surface area contributed by atoms with E-state index in [0.29, 0.717) is 12.5 Å². The van der Waals surface area contributed by atoms with E-state index in [0.717, 1.165) is 6.42 Å². The van der Waals surface area contributed by atoms with Gasteiger partial charge in [-0.15, -0.1) is 0 Å². The highest BCUT2D eigenvalue weighted by Crippen LogP contribution is 2.29. The molecule has 2 nitrogen and oxygen atoms in total. The highest BCUT2D eigenvalue weighted by Gasteiger charge is 2.18. The van der Waals surface area contributed by atoms with Crippen LogP contribution in [0.15, 0.2) is 18.2 Å². The zero-order valence-electron chi connectivity index (χ0n) is 12.3. The van der Waals surface area contributed by atoms with Crippen molar-refractivity contribution in [2.75, 3.05) is 6.54 Å². The van der Waals surface area contributed by atoms with Crippen LogP contribution in [0, 0.1) is 6.92 Å². The van der Waals surface area contributed by atoms with Crippen LogP contribution in [0.4, 0.5) is 0 Å². The van der Waals surface area contributed by atoms with Crippen LogP contribution < -0.4 is 5.73 Å². The molecular formula is C16H27NO. The van der Waals surface area contributed by atoms with Crippen molar-refractivity contribution in [3.63, 3.8) is 0 Å². The van der Waals surface area contributed by atoms with Gasteiger partial charge in [-0.3, -0.25) is 0 Å². The van der Waals surface area contributed by atoms with Gasteiger partial charge in [0.15, 0.2) is 0 Å². The Hall–Kier alpha value is -0.860. The molecule has 0 saturated carbocycles. The van der Waals surface area contributed by atoms with E-state index in [4.69, 9.17) is 5.73 Å². The first kappa shape index (κ1) is 15.2. The number of aryl methyl sites for hydroxylation is 1. The van der Waals surface area contributed by atoms with E-state index >= 15 is 0 Å². The lowest BCUT2D eigenvalue weighted by atomic mass is 9.82. The lowest BCUT2D eigenvalue weighted by Gasteiger charge is -2.23. The highest BCUT2D eigenvalue weighted by atomic mass is 16.3. The maximum absolute atomic E-state index is 9.68. The number of nitrogens with two attached hydrogens (primary N) is 1. The van der Waals surface area contributed by atoms with E-state index in [2.05, 4.69) is 52.8 Å². The average molecular weight is 249 g/mol. The zero-order chi connectivity index (χ0) is 13.9. The van der Waals surface area contributed by atoms with Crippen molar-refractivity contribution in [1.82, 2.24) is 0 Å². The van der Waals surface area contributed by atoms with E-state index in [1.54, 1.807) is 0 Å². The first-order chi connectivity index (χ1) is 8.25. The quantitative estimate of drug-likeness (QED) is 0.861. The molecule has 0 aliphatic carbocycles. The summed E-state index contributed by atoms with van der Waals surface area (Å²) in [6, 6.07) is 6.66. The van der Waals surface area contributed by atoms with E-state index in [1.807, 2.05) is 0 Å². The van der Waals surface area contributed by atoms with Gasteiger partial charge < -0.3 is 10.8 Å². The molecule has 1 aromatic carbocycles. The molecule has 2 heteroatoms. The number of hydrogen-bond donors (Lipinski definition) is 2.